The summed E-state index contributed by atoms with van der Waals surface area (Å²) in [5.74, 6) is -0.378. The van der Waals surface area contributed by atoms with Gasteiger partial charge in [0.15, 0.2) is 9.84 Å². The lowest BCUT2D eigenvalue weighted by molar-refractivity contribution is 0.0696. The summed E-state index contributed by atoms with van der Waals surface area (Å²) in [6.07, 6.45) is 3.53. The monoisotopic (exact) mass is 298 g/mol. The van der Waals surface area contributed by atoms with Crippen LogP contribution in [0.4, 0.5) is 0 Å². The van der Waals surface area contributed by atoms with Crippen LogP contribution in [0.1, 0.15) is 29.6 Å². The molecule has 20 heavy (non-hydrogen) atoms. The lowest BCUT2D eigenvalue weighted by atomic mass is 10.2. The lowest BCUT2D eigenvalue weighted by Crippen LogP contribution is -2.13. The van der Waals surface area contributed by atoms with Crippen molar-refractivity contribution in [3.8, 4) is 0 Å². The van der Waals surface area contributed by atoms with Crippen LogP contribution in [0.3, 0.4) is 0 Å². The molecule has 0 spiro atoms. The Hall–Kier alpha value is -1.40. The molecule has 0 unspecified atom stereocenters. The fourth-order valence-electron chi connectivity index (χ4n) is 1.85. The van der Waals surface area contributed by atoms with Gasteiger partial charge < -0.3 is 9.84 Å². The molecule has 1 aliphatic carbocycles. The third kappa shape index (κ3) is 4.31. The maximum Gasteiger partial charge on any atom is 0.335 e. The van der Waals surface area contributed by atoms with E-state index >= 15 is 0 Å². The summed E-state index contributed by atoms with van der Waals surface area (Å²) in [5.41, 5.74) is 0.0737. The van der Waals surface area contributed by atoms with Crippen LogP contribution in [-0.2, 0) is 14.6 Å². The highest BCUT2D eigenvalue weighted by Gasteiger charge is 2.20. The van der Waals surface area contributed by atoms with Crippen LogP contribution < -0.4 is 0 Å². The topological polar surface area (TPSA) is 80.7 Å². The van der Waals surface area contributed by atoms with Crippen molar-refractivity contribution in [1.82, 2.24) is 0 Å². The van der Waals surface area contributed by atoms with Crippen LogP contribution in [-0.4, -0.2) is 38.5 Å². The number of carboxylic acid groups (broad SMARTS) is 1. The van der Waals surface area contributed by atoms with Crippen molar-refractivity contribution < 1.29 is 23.1 Å². The van der Waals surface area contributed by atoms with Gasteiger partial charge in [-0.2, -0.15) is 0 Å². The molecule has 1 aromatic rings. The zero-order valence-corrected chi connectivity index (χ0v) is 11.9. The van der Waals surface area contributed by atoms with Crippen LogP contribution in [0, 0.1) is 5.92 Å². The Bertz CT molecular complexity index is 558. The number of benzene rings is 1. The molecule has 110 valence electrons. The molecule has 0 bridgehead atoms. The van der Waals surface area contributed by atoms with Gasteiger partial charge in [-0.1, -0.05) is 12.8 Å². The maximum atomic E-state index is 12.0. The highest BCUT2D eigenvalue weighted by molar-refractivity contribution is 7.91. The van der Waals surface area contributed by atoms with Crippen LogP contribution in [0.2, 0.25) is 0 Å². The van der Waals surface area contributed by atoms with Gasteiger partial charge in [-0.25, -0.2) is 13.2 Å². The van der Waals surface area contributed by atoms with Gasteiger partial charge in [0.1, 0.15) is 0 Å². The molecular weight excluding hydrogens is 280 g/mol. The van der Waals surface area contributed by atoms with E-state index in [0.29, 0.717) is 6.61 Å². The molecule has 0 saturated heterocycles. The van der Waals surface area contributed by atoms with Gasteiger partial charge in [0.2, 0.25) is 0 Å². The van der Waals surface area contributed by atoms with E-state index in [-0.39, 0.29) is 22.8 Å². The molecule has 0 radical (unpaired) electrons. The van der Waals surface area contributed by atoms with E-state index in [0.717, 1.165) is 12.3 Å². The molecule has 1 fully saturated rings. The molecule has 5 nitrogen and oxygen atoms in total. The van der Waals surface area contributed by atoms with E-state index < -0.39 is 15.8 Å². The zero-order valence-electron chi connectivity index (χ0n) is 11.1. The first-order valence-electron chi connectivity index (χ1n) is 6.63. The third-order valence-corrected chi connectivity index (χ3v) is 5.02. The molecule has 2 rings (SSSR count). The van der Waals surface area contributed by atoms with Gasteiger partial charge in [-0.3, -0.25) is 0 Å². The molecule has 1 aliphatic rings. The largest absolute Gasteiger partial charge is 0.478 e. The standard InChI is InChI=1S/C14H18O5S/c15-14(16)12-3-5-13(6-4-12)20(17,18)10-9-19-8-7-11-1-2-11/h3-6,11H,1-2,7-10H2,(H,15,16). The van der Waals surface area contributed by atoms with Crippen molar-refractivity contribution in [3.05, 3.63) is 29.8 Å². The fourth-order valence-corrected chi connectivity index (χ4v) is 2.97. The van der Waals surface area contributed by atoms with E-state index in [1.165, 1.54) is 37.1 Å². The summed E-state index contributed by atoms with van der Waals surface area (Å²) >= 11 is 0. The van der Waals surface area contributed by atoms with E-state index in [1.54, 1.807) is 0 Å². The Morgan fingerprint density at radius 1 is 1.20 bits per heavy atom. The van der Waals surface area contributed by atoms with Crippen molar-refractivity contribution in [1.29, 1.82) is 0 Å². The minimum atomic E-state index is -3.41. The van der Waals surface area contributed by atoms with Gasteiger partial charge in [-0.15, -0.1) is 0 Å². The minimum absolute atomic E-state index is 0.0737. The SMILES string of the molecule is O=C(O)c1ccc(S(=O)(=O)CCOCCC2CC2)cc1. The number of hydrogen-bond acceptors (Lipinski definition) is 4. The summed E-state index contributed by atoms with van der Waals surface area (Å²) in [4.78, 5) is 10.8. The maximum absolute atomic E-state index is 12.0. The summed E-state index contributed by atoms with van der Waals surface area (Å²) in [6.45, 7) is 0.786. The number of ether oxygens (including phenoxy) is 1. The molecule has 0 atom stereocenters. The quantitative estimate of drug-likeness (QED) is 0.742. The van der Waals surface area contributed by atoms with Gasteiger partial charge in [0.25, 0.3) is 0 Å². The molecule has 0 amide bonds. The van der Waals surface area contributed by atoms with Gasteiger partial charge in [0.05, 0.1) is 22.8 Å². The lowest BCUT2D eigenvalue weighted by Gasteiger charge is -2.06. The number of carboxylic acids is 1. The Morgan fingerprint density at radius 2 is 1.85 bits per heavy atom. The molecule has 1 saturated carbocycles. The minimum Gasteiger partial charge on any atom is -0.478 e. The second-order valence-electron chi connectivity index (χ2n) is 4.99. The highest BCUT2D eigenvalue weighted by Crippen LogP contribution is 2.32. The van der Waals surface area contributed by atoms with Crippen molar-refractivity contribution in [3.63, 3.8) is 0 Å². The predicted octanol–water partition coefficient (Wildman–Crippen LogP) is 1.98. The average molecular weight is 298 g/mol. The van der Waals surface area contributed by atoms with E-state index in [4.69, 9.17) is 9.84 Å². The first kappa shape index (κ1) is 15.0. The molecule has 0 aliphatic heterocycles. The number of sulfone groups is 1. The first-order chi connectivity index (χ1) is 9.49. The van der Waals surface area contributed by atoms with Crippen molar-refractivity contribution >= 4 is 15.8 Å². The van der Waals surface area contributed by atoms with Crippen LogP contribution in [0.5, 0.6) is 0 Å². The van der Waals surface area contributed by atoms with Crippen LogP contribution >= 0.6 is 0 Å². The number of hydrogen-bond donors (Lipinski definition) is 1. The summed E-state index contributed by atoms with van der Waals surface area (Å²) < 4.78 is 29.3. The summed E-state index contributed by atoms with van der Waals surface area (Å²) in [7, 11) is -3.41. The third-order valence-electron chi connectivity index (χ3n) is 3.32. The Morgan fingerprint density at radius 3 is 2.40 bits per heavy atom. The van der Waals surface area contributed by atoms with Crippen molar-refractivity contribution in [2.24, 2.45) is 5.92 Å². The van der Waals surface area contributed by atoms with E-state index in [1.807, 2.05) is 0 Å². The molecule has 1 N–H and O–H groups in total. The van der Waals surface area contributed by atoms with Gasteiger partial charge in [-0.05, 0) is 36.6 Å². The molecular formula is C14H18O5S. The first-order valence-corrected chi connectivity index (χ1v) is 8.28. The highest BCUT2D eigenvalue weighted by atomic mass is 32.2. The normalized spacial score (nSPS) is 15.2. The molecule has 6 heteroatoms. The smallest absolute Gasteiger partial charge is 0.335 e. The predicted molar refractivity (Wildman–Crippen MR) is 73.6 cm³/mol. The van der Waals surface area contributed by atoms with Gasteiger partial charge >= 0.3 is 5.97 Å². The Labute approximate surface area is 118 Å². The van der Waals surface area contributed by atoms with E-state index in [2.05, 4.69) is 0 Å². The molecule has 0 heterocycles. The van der Waals surface area contributed by atoms with Crippen LogP contribution in [0.15, 0.2) is 29.2 Å². The number of carbonyl (C=O) groups is 1. The van der Waals surface area contributed by atoms with Crippen LogP contribution in [0.25, 0.3) is 0 Å². The number of aromatic carboxylic acids is 1. The molecule has 1 aromatic carbocycles. The van der Waals surface area contributed by atoms with Gasteiger partial charge in [0, 0.05) is 6.61 Å². The fraction of sp³-hybridized carbons (Fsp3) is 0.500. The van der Waals surface area contributed by atoms with Crippen molar-refractivity contribution in [2.45, 2.75) is 24.2 Å². The second kappa shape index (κ2) is 6.37. The molecule has 0 aromatic heterocycles. The Balaban J connectivity index is 1.83. The van der Waals surface area contributed by atoms with Crippen molar-refractivity contribution in [2.75, 3.05) is 19.0 Å². The summed E-state index contributed by atoms with van der Waals surface area (Å²) in [6, 6.07) is 5.23. The second-order valence-corrected chi connectivity index (χ2v) is 7.10. The summed E-state index contributed by atoms with van der Waals surface area (Å²) in [5, 5.41) is 8.76. The number of rotatable bonds is 8. The zero-order chi connectivity index (χ0) is 14.6. The Kier molecular flexibility index (Phi) is 4.77. The average Bonchev–Trinajstić information content (AvgIpc) is 3.22. The van der Waals surface area contributed by atoms with E-state index in [9.17, 15) is 13.2 Å².